The lowest BCUT2D eigenvalue weighted by atomic mass is 9.87. The lowest BCUT2D eigenvalue weighted by molar-refractivity contribution is -0.143. The predicted octanol–water partition coefficient (Wildman–Crippen LogP) is 0.267. The molecule has 1 aliphatic rings. The molecule has 2 N–H and O–H groups in total. The van der Waals surface area contributed by atoms with Crippen LogP contribution in [0.25, 0.3) is 0 Å². The maximum atomic E-state index is 11.6. The maximum Gasteiger partial charge on any atom is 0.316 e. The number of nitrogen functional groups attached to an aromatic ring is 1. The maximum absolute atomic E-state index is 11.6. The van der Waals surface area contributed by atoms with Gasteiger partial charge in [0.1, 0.15) is 7.85 Å². The number of esters is 1. The molecule has 1 saturated carbocycles. The van der Waals surface area contributed by atoms with Crippen LogP contribution in [0, 0.1) is 0 Å². The molecule has 0 saturated heterocycles. The summed E-state index contributed by atoms with van der Waals surface area (Å²) in [7, 11) is 7.12. The highest BCUT2D eigenvalue weighted by Crippen LogP contribution is 2.48. The van der Waals surface area contributed by atoms with Crippen molar-refractivity contribution < 1.29 is 9.53 Å². The number of methoxy groups -OCH3 is 1. The van der Waals surface area contributed by atoms with Crippen molar-refractivity contribution in [3.8, 4) is 0 Å². The van der Waals surface area contributed by atoms with Gasteiger partial charge in [0.15, 0.2) is 0 Å². The fourth-order valence-corrected chi connectivity index (χ4v) is 1.80. The van der Waals surface area contributed by atoms with Gasteiger partial charge in [-0.15, -0.1) is 0 Å². The molecule has 0 spiro atoms. The van der Waals surface area contributed by atoms with Crippen LogP contribution in [0.1, 0.15) is 18.4 Å². The third kappa shape index (κ3) is 1.50. The van der Waals surface area contributed by atoms with Gasteiger partial charge in [0.05, 0.1) is 12.5 Å². The Labute approximate surface area is 90.0 Å². The molecule has 1 aliphatic carbocycles. The first kappa shape index (κ1) is 10.1. The van der Waals surface area contributed by atoms with Crippen molar-refractivity contribution in [3.05, 3.63) is 23.8 Å². The molecule has 2 rings (SSSR count). The molecule has 1 fully saturated rings. The summed E-state index contributed by atoms with van der Waals surface area (Å²) >= 11 is 0. The van der Waals surface area contributed by atoms with Crippen molar-refractivity contribution in [2.24, 2.45) is 0 Å². The third-order valence-electron chi connectivity index (χ3n) is 2.97. The van der Waals surface area contributed by atoms with Crippen LogP contribution >= 0.6 is 0 Å². The van der Waals surface area contributed by atoms with Gasteiger partial charge in [-0.05, 0) is 24.5 Å². The summed E-state index contributed by atoms with van der Waals surface area (Å²) < 4.78 is 4.79. The van der Waals surface area contributed by atoms with E-state index in [1.807, 2.05) is 6.07 Å². The van der Waals surface area contributed by atoms with E-state index in [-0.39, 0.29) is 5.97 Å². The molecule has 0 heterocycles. The first-order valence-electron chi connectivity index (χ1n) is 4.84. The Kier molecular flexibility index (Phi) is 2.22. The van der Waals surface area contributed by atoms with Crippen molar-refractivity contribution >= 4 is 25.0 Å². The topological polar surface area (TPSA) is 52.3 Å². The van der Waals surface area contributed by atoms with E-state index in [4.69, 9.17) is 18.3 Å². The van der Waals surface area contributed by atoms with Crippen molar-refractivity contribution in [2.45, 2.75) is 18.3 Å². The zero-order valence-electron chi connectivity index (χ0n) is 8.62. The van der Waals surface area contributed by atoms with E-state index in [2.05, 4.69) is 0 Å². The van der Waals surface area contributed by atoms with Crippen LogP contribution in [0.2, 0.25) is 0 Å². The smallest absolute Gasteiger partial charge is 0.316 e. The van der Waals surface area contributed by atoms with Crippen LogP contribution in [0.15, 0.2) is 18.2 Å². The Morgan fingerprint density at radius 2 is 2.20 bits per heavy atom. The molecule has 0 aromatic heterocycles. The Bertz CT molecular complexity index is 413. The highest BCUT2D eigenvalue weighted by molar-refractivity contribution is 6.35. The van der Waals surface area contributed by atoms with Crippen molar-refractivity contribution in [3.63, 3.8) is 0 Å². The normalized spacial score (nSPS) is 17.1. The molecule has 0 atom stereocenters. The van der Waals surface area contributed by atoms with Crippen LogP contribution in [0.5, 0.6) is 0 Å². The second-order valence-electron chi connectivity index (χ2n) is 3.92. The van der Waals surface area contributed by atoms with E-state index < -0.39 is 5.41 Å². The second-order valence-corrected chi connectivity index (χ2v) is 3.92. The molecule has 0 amide bonds. The Balaban J connectivity index is 2.38. The van der Waals surface area contributed by atoms with Crippen molar-refractivity contribution in [2.75, 3.05) is 12.8 Å². The van der Waals surface area contributed by atoms with Gasteiger partial charge in [0.25, 0.3) is 0 Å². The second kappa shape index (κ2) is 3.30. The molecule has 2 radical (unpaired) electrons. The van der Waals surface area contributed by atoms with Gasteiger partial charge in [0, 0.05) is 5.69 Å². The number of nitrogens with two attached hydrogens (primary N) is 1. The molecule has 1 aromatic carbocycles. The molecule has 3 nitrogen and oxygen atoms in total. The third-order valence-corrected chi connectivity index (χ3v) is 2.97. The molecule has 4 heteroatoms. The summed E-state index contributed by atoms with van der Waals surface area (Å²) in [6, 6.07) is 5.34. The van der Waals surface area contributed by atoms with E-state index in [0.29, 0.717) is 11.2 Å². The molecule has 1 aromatic rings. The molecule has 0 bridgehead atoms. The van der Waals surface area contributed by atoms with Crippen LogP contribution in [-0.4, -0.2) is 20.9 Å². The number of carbonyl (C=O) groups excluding carboxylic acids is 1. The summed E-state index contributed by atoms with van der Waals surface area (Å²) in [5.74, 6) is -0.188. The van der Waals surface area contributed by atoms with Crippen molar-refractivity contribution in [1.82, 2.24) is 0 Å². The first-order valence-corrected chi connectivity index (χ1v) is 4.84. The average Bonchev–Trinajstić information content (AvgIpc) is 3.02. The Morgan fingerprint density at radius 3 is 2.67 bits per heavy atom. The van der Waals surface area contributed by atoms with Crippen LogP contribution < -0.4 is 11.2 Å². The number of carbonyl (C=O) groups is 1. The van der Waals surface area contributed by atoms with Crippen LogP contribution in [0.3, 0.4) is 0 Å². The van der Waals surface area contributed by atoms with Gasteiger partial charge in [-0.1, -0.05) is 17.6 Å². The minimum Gasteiger partial charge on any atom is -0.468 e. The average molecular weight is 201 g/mol. The minimum atomic E-state index is -0.462. The highest BCUT2D eigenvalue weighted by atomic mass is 16.5. The summed E-state index contributed by atoms with van der Waals surface area (Å²) in [4.78, 5) is 11.6. The SMILES string of the molecule is [B]c1cc(C2(C(=O)OC)CC2)ccc1N. The number of hydrogen-bond donors (Lipinski definition) is 1. The number of benzene rings is 1. The largest absolute Gasteiger partial charge is 0.468 e. The zero-order valence-corrected chi connectivity index (χ0v) is 8.62. The monoisotopic (exact) mass is 201 g/mol. The standard InChI is InChI=1S/C11H12BNO2/c1-15-10(14)11(4-5-11)7-2-3-9(13)8(12)6-7/h2-3,6H,4-5,13H2,1H3. The minimum absolute atomic E-state index is 0.188. The number of hydrogen-bond acceptors (Lipinski definition) is 3. The van der Waals surface area contributed by atoms with E-state index in [0.717, 1.165) is 18.4 Å². The molecular formula is C11H12BNO2. The highest BCUT2D eigenvalue weighted by Gasteiger charge is 2.52. The van der Waals surface area contributed by atoms with Gasteiger partial charge < -0.3 is 10.5 Å². The quantitative estimate of drug-likeness (QED) is 0.424. The van der Waals surface area contributed by atoms with Gasteiger partial charge in [-0.25, -0.2) is 0 Å². The predicted molar refractivity (Wildman–Crippen MR) is 59.2 cm³/mol. The van der Waals surface area contributed by atoms with E-state index in [9.17, 15) is 4.79 Å². The number of ether oxygens (including phenoxy) is 1. The lowest BCUT2D eigenvalue weighted by Crippen LogP contribution is -2.24. The fraction of sp³-hybridized carbons (Fsp3) is 0.364. The Morgan fingerprint density at radius 1 is 1.53 bits per heavy atom. The van der Waals surface area contributed by atoms with E-state index in [1.165, 1.54) is 7.11 Å². The number of rotatable bonds is 2. The van der Waals surface area contributed by atoms with Crippen molar-refractivity contribution in [1.29, 1.82) is 0 Å². The summed E-state index contributed by atoms with van der Waals surface area (Å²) in [5.41, 5.74) is 7.12. The summed E-state index contributed by atoms with van der Waals surface area (Å²) in [6.45, 7) is 0. The fourth-order valence-electron chi connectivity index (χ4n) is 1.80. The van der Waals surface area contributed by atoms with Gasteiger partial charge in [-0.2, -0.15) is 0 Å². The van der Waals surface area contributed by atoms with Crippen LogP contribution in [-0.2, 0) is 14.9 Å². The van der Waals surface area contributed by atoms with Gasteiger partial charge in [0.2, 0.25) is 0 Å². The Hall–Kier alpha value is -1.45. The van der Waals surface area contributed by atoms with E-state index in [1.54, 1.807) is 12.1 Å². The summed E-state index contributed by atoms with van der Waals surface area (Å²) in [6.07, 6.45) is 1.64. The zero-order chi connectivity index (χ0) is 11.1. The van der Waals surface area contributed by atoms with Gasteiger partial charge >= 0.3 is 5.97 Å². The molecule has 76 valence electrons. The summed E-state index contributed by atoms with van der Waals surface area (Å²) in [5, 5.41) is 0. The van der Waals surface area contributed by atoms with Crippen LogP contribution in [0.4, 0.5) is 5.69 Å². The first-order chi connectivity index (χ1) is 7.10. The molecule has 0 unspecified atom stereocenters. The molecule has 15 heavy (non-hydrogen) atoms. The lowest BCUT2D eigenvalue weighted by Gasteiger charge is -2.14. The molecular weight excluding hydrogens is 189 g/mol. The number of anilines is 1. The van der Waals surface area contributed by atoms with E-state index >= 15 is 0 Å². The molecule has 0 aliphatic heterocycles. The van der Waals surface area contributed by atoms with Gasteiger partial charge in [-0.3, -0.25) is 4.79 Å².